The second-order valence-corrected chi connectivity index (χ2v) is 19.6. The van der Waals surface area contributed by atoms with Crippen LogP contribution < -0.4 is 0 Å². The molecule has 176 valence electrons. The van der Waals surface area contributed by atoms with Crippen molar-refractivity contribution in [3.8, 4) is 0 Å². The van der Waals surface area contributed by atoms with Gasteiger partial charge < -0.3 is 0 Å². The highest BCUT2D eigenvalue weighted by Crippen LogP contribution is 2.62. The molecule has 1 heteroatoms. The number of rotatable bonds is 2. The van der Waals surface area contributed by atoms with E-state index in [9.17, 15) is 0 Å². The third kappa shape index (κ3) is 3.93. The molecule has 0 aromatic heterocycles. The van der Waals surface area contributed by atoms with Crippen LogP contribution in [0.1, 0.15) is 116 Å². The van der Waals surface area contributed by atoms with E-state index in [4.69, 9.17) is 0 Å². The molecule has 0 N–H and O–H groups in total. The number of hydrogen-bond acceptors (Lipinski definition) is 0. The van der Waals surface area contributed by atoms with Gasteiger partial charge in [-0.25, -0.2) is 0 Å². The highest BCUT2D eigenvalue weighted by atomic mass is 28.3. The maximum atomic E-state index is 2.90. The highest BCUT2D eigenvalue weighted by Gasteiger charge is 2.53. The van der Waals surface area contributed by atoms with Gasteiger partial charge in [-0.2, -0.15) is 0 Å². The van der Waals surface area contributed by atoms with E-state index in [1.54, 1.807) is 116 Å². The van der Waals surface area contributed by atoms with Crippen molar-refractivity contribution in [2.45, 2.75) is 140 Å². The minimum atomic E-state index is -1.16. The summed E-state index contributed by atoms with van der Waals surface area (Å²) in [6.45, 7) is 5.80. The van der Waals surface area contributed by atoms with E-state index in [1.165, 1.54) is 11.1 Å². The molecule has 6 aliphatic rings. The van der Waals surface area contributed by atoms with Crippen LogP contribution in [0.4, 0.5) is 0 Å². The van der Waals surface area contributed by atoms with E-state index in [1.807, 2.05) is 0 Å². The predicted molar refractivity (Wildman–Crippen MR) is 136 cm³/mol. The Hall–Kier alpha value is 0.217. The lowest BCUT2D eigenvalue weighted by atomic mass is 9.70. The molecule has 6 aliphatic carbocycles. The average Bonchev–Trinajstić information content (AvgIpc) is 3.32. The van der Waals surface area contributed by atoms with Gasteiger partial charge in [-0.3, -0.25) is 0 Å². The zero-order chi connectivity index (χ0) is 21.0. The summed E-state index contributed by atoms with van der Waals surface area (Å²) >= 11 is 0. The molecule has 6 fully saturated rings. The monoisotopic (exact) mass is 440 g/mol. The zero-order valence-electron chi connectivity index (χ0n) is 21.0. The Kier molecular flexibility index (Phi) is 6.15. The summed E-state index contributed by atoms with van der Waals surface area (Å²) in [5, 5.41) is 0. The van der Waals surface area contributed by atoms with Gasteiger partial charge in [0, 0.05) is 0 Å². The Bertz CT molecular complexity index is 572. The number of fused-ring (bicyclic) bond motifs is 6. The van der Waals surface area contributed by atoms with Crippen LogP contribution in [-0.4, -0.2) is 8.07 Å². The Labute approximate surface area is 195 Å². The van der Waals surface area contributed by atoms with Crippen LogP contribution in [0.2, 0.25) is 24.2 Å². The first-order valence-electron chi connectivity index (χ1n) is 15.1. The van der Waals surface area contributed by atoms with E-state index in [-0.39, 0.29) is 0 Å². The summed E-state index contributed by atoms with van der Waals surface area (Å²) in [6, 6.07) is 0. The molecule has 10 unspecified atom stereocenters. The van der Waals surface area contributed by atoms with Gasteiger partial charge in [-0.05, 0) is 97.0 Å². The fraction of sp³-hybridized carbons (Fsp3) is 1.00. The molecule has 0 nitrogen and oxygen atoms in total. The van der Waals surface area contributed by atoms with E-state index in [2.05, 4.69) is 13.1 Å². The molecule has 0 radical (unpaired) electrons. The Balaban J connectivity index is 1.17. The summed E-state index contributed by atoms with van der Waals surface area (Å²) in [4.78, 5) is 0. The molecule has 0 aromatic rings. The summed E-state index contributed by atoms with van der Waals surface area (Å²) in [5.74, 6) is 9.14. The molecular weight excluding hydrogens is 388 g/mol. The Morgan fingerprint density at radius 3 is 1.26 bits per heavy atom. The predicted octanol–water partition coefficient (Wildman–Crippen LogP) is 9.47. The highest BCUT2D eigenvalue weighted by molar-refractivity contribution is 6.80. The van der Waals surface area contributed by atoms with Crippen molar-refractivity contribution >= 4 is 8.07 Å². The van der Waals surface area contributed by atoms with Gasteiger partial charge in [0.25, 0.3) is 0 Å². The summed E-state index contributed by atoms with van der Waals surface area (Å²) in [5.41, 5.74) is 2.36. The Morgan fingerprint density at radius 1 is 0.387 bits per heavy atom. The fourth-order valence-electron chi connectivity index (χ4n) is 11.2. The van der Waals surface area contributed by atoms with E-state index in [0.717, 1.165) is 47.3 Å². The first-order valence-corrected chi connectivity index (χ1v) is 18.3. The summed E-state index contributed by atoms with van der Waals surface area (Å²) in [6.07, 6.45) is 28.9. The minimum absolute atomic E-state index is 1.13. The normalized spacial score (nSPS) is 50.5. The SMILES string of the molecule is C[Si](C)(C1CC2CCCC3CCCCC3C2C1)C1CC2CCCC3CCCCC3C2C1. The molecule has 0 saturated heterocycles. The topological polar surface area (TPSA) is 0 Å². The first-order chi connectivity index (χ1) is 15.1. The van der Waals surface area contributed by atoms with Crippen LogP contribution in [0.3, 0.4) is 0 Å². The second-order valence-electron chi connectivity index (χ2n) is 14.3. The van der Waals surface area contributed by atoms with Crippen LogP contribution in [0.15, 0.2) is 0 Å². The number of hydrogen-bond donors (Lipinski definition) is 0. The van der Waals surface area contributed by atoms with E-state index in [0.29, 0.717) is 0 Å². The Morgan fingerprint density at radius 2 is 0.774 bits per heavy atom. The van der Waals surface area contributed by atoms with Gasteiger partial charge in [-0.15, -0.1) is 0 Å². The smallest absolute Gasteiger partial charge is 0.0536 e. The fourth-order valence-corrected chi connectivity index (χ4v) is 15.4. The van der Waals surface area contributed by atoms with Crippen molar-refractivity contribution in [2.75, 3.05) is 0 Å². The van der Waals surface area contributed by atoms with Crippen molar-refractivity contribution < 1.29 is 0 Å². The van der Waals surface area contributed by atoms with E-state index >= 15 is 0 Å². The van der Waals surface area contributed by atoms with Crippen molar-refractivity contribution in [3.05, 3.63) is 0 Å². The van der Waals surface area contributed by atoms with Crippen LogP contribution in [0, 0.1) is 47.3 Å². The van der Waals surface area contributed by atoms with Crippen LogP contribution >= 0.6 is 0 Å². The maximum Gasteiger partial charge on any atom is 0.0536 e. The molecule has 0 heterocycles. The van der Waals surface area contributed by atoms with Gasteiger partial charge in [0.2, 0.25) is 0 Å². The second kappa shape index (κ2) is 8.78. The quantitative estimate of drug-likeness (QED) is 0.375. The van der Waals surface area contributed by atoms with Gasteiger partial charge in [0.05, 0.1) is 8.07 Å². The molecule has 0 amide bonds. The molecule has 0 aliphatic heterocycles. The molecular formula is C30H52Si. The molecule has 10 atom stereocenters. The minimum Gasteiger partial charge on any atom is -0.0689 e. The van der Waals surface area contributed by atoms with Crippen molar-refractivity contribution in [1.29, 1.82) is 0 Å². The van der Waals surface area contributed by atoms with Gasteiger partial charge in [0.1, 0.15) is 0 Å². The molecule has 6 rings (SSSR count). The van der Waals surface area contributed by atoms with Crippen molar-refractivity contribution in [1.82, 2.24) is 0 Å². The lowest BCUT2D eigenvalue weighted by Gasteiger charge is -2.39. The van der Waals surface area contributed by atoms with Crippen molar-refractivity contribution in [3.63, 3.8) is 0 Å². The molecule has 31 heavy (non-hydrogen) atoms. The lowest BCUT2D eigenvalue weighted by molar-refractivity contribution is 0.146. The standard InChI is InChI=1S/C30H52Si/c1-31(2,25-17-23-13-7-11-21-9-3-5-15-27(21)29(23)19-25)26-18-24-14-8-12-22-10-4-6-16-28(22)30(24)20-26/h21-30H,3-20H2,1-2H3. The largest absolute Gasteiger partial charge is 0.0689 e. The molecule has 0 bridgehead atoms. The van der Waals surface area contributed by atoms with Gasteiger partial charge in [-0.1, -0.05) is 90.1 Å². The molecule has 0 spiro atoms. The lowest BCUT2D eigenvalue weighted by Crippen LogP contribution is -2.37. The maximum absolute atomic E-state index is 2.90. The van der Waals surface area contributed by atoms with Crippen LogP contribution in [0.25, 0.3) is 0 Å². The van der Waals surface area contributed by atoms with Crippen LogP contribution in [-0.2, 0) is 0 Å². The van der Waals surface area contributed by atoms with Gasteiger partial charge in [0.15, 0.2) is 0 Å². The van der Waals surface area contributed by atoms with E-state index < -0.39 is 8.07 Å². The zero-order valence-corrected chi connectivity index (χ0v) is 22.0. The average molecular weight is 441 g/mol. The summed E-state index contributed by atoms with van der Waals surface area (Å²) in [7, 11) is -1.16. The molecule has 0 aromatic carbocycles. The van der Waals surface area contributed by atoms with Gasteiger partial charge >= 0.3 is 0 Å². The third-order valence-corrected chi connectivity index (χ3v) is 18.1. The summed E-state index contributed by atoms with van der Waals surface area (Å²) < 4.78 is 0. The molecule has 6 saturated carbocycles. The van der Waals surface area contributed by atoms with Crippen LogP contribution in [0.5, 0.6) is 0 Å². The third-order valence-electron chi connectivity index (χ3n) is 12.9. The first kappa shape index (κ1) is 21.7. The van der Waals surface area contributed by atoms with Crippen molar-refractivity contribution in [2.24, 2.45) is 47.3 Å².